The molecule has 2 amide bonds. The normalized spacial score (nSPS) is 12.1. The van der Waals surface area contributed by atoms with E-state index < -0.39 is 11.9 Å². The molecule has 0 aliphatic carbocycles. The van der Waals surface area contributed by atoms with E-state index in [-0.39, 0.29) is 5.91 Å². The fourth-order valence-corrected chi connectivity index (χ4v) is 4.28. The summed E-state index contributed by atoms with van der Waals surface area (Å²) in [7, 11) is 0. The van der Waals surface area contributed by atoms with Gasteiger partial charge in [-0.3, -0.25) is 14.6 Å². The Hall–Kier alpha value is -4.25. The maximum atomic E-state index is 13.1. The number of nitrogens with one attached hydrogen (secondary N) is 1. The van der Waals surface area contributed by atoms with Crippen molar-refractivity contribution in [1.82, 2.24) is 10.3 Å². The van der Waals surface area contributed by atoms with E-state index in [1.54, 1.807) is 18.3 Å². The number of para-hydroxylation sites is 1. The van der Waals surface area contributed by atoms with E-state index in [9.17, 15) is 9.59 Å². The van der Waals surface area contributed by atoms with E-state index in [4.69, 9.17) is 5.73 Å². The van der Waals surface area contributed by atoms with Gasteiger partial charge in [-0.2, -0.15) is 0 Å². The first kappa shape index (κ1) is 19.7. The van der Waals surface area contributed by atoms with Crippen LogP contribution in [0.3, 0.4) is 0 Å². The van der Waals surface area contributed by atoms with Crippen molar-refractivity contribution in [2.75, 3.05) is 0 Å². The van der Waals surface area contributed by atoms with Crippen LogP contribution in [-0.4, -0.2) is 22.8 Å². The summed E-state index contributed by atoms with van der Waals surface area (Å²) < 4.78 is 0. The molecule has 0 fully saturated rings. The lowest BCUT2D eigenvalue weighted by Crippen LogP contribution is -2.46. The molecule has 156 valence electrons. The molecule has 4 aromatic carbocycles. The van der Waals surface area contributed by atoms with Gasteiger partial charge in [-0.25, -0.2) is 0 Å². The van der Waals surface area contributed by atoms with Crippen molar-refractivity contribution in [1.29, 1.82) is 0 Å². The minimum absolute atomic E-state index is 0.293. The second kappa shape index (κ2) is 8.12. The van der Waals surface area contributed by atoms with E-state index in [0.717, 1.165) is 32.5 Å². The SMILES string of the molecule is NC(=O)[C@H](Cc1c2ccccc2cc2ccccc12)NC(=O)c1cccc2cccnc12. The van der Waals surface area contributed by atoms with Gasteiger partial charge in [0, 0.05) is 18.0 Å². The Labute approximate surface area is 184 Å². The molecule has 1 atom stereocenters. The Bertz CT molecular complexity index is 1430. The third kappa shape index (κ3) is 3.54. The quantitative estimate of drug-likeness (QED) is 0.415. The molecule has 32 heavy (non-hydrogen) atoms. The Morgan fingerprint density at radius 1 is 0.812 bits per heavy atom. The van der Waals surface area contributed by atoms with Crippen LogP contribution in [-0.2, 0) is 11.2 Å². The number of fused-ring (bicyclic) bond motifs is 3. The molecule has 0 saturated heterocycles. The van der Waals surface area contributed by atoms with Gasteiger partial charge < -0.3 is 11.1 Å². The monoisotopic (exact) mass is 419 g/mol. The average Bonchev–Trinajstić information content (AvgIpc) is 2.82. The first-order valence-corrected chi connectivity index (χ1v) is 10.4. The summed E-state index contributed by atoms with van der Waals surface area (Å²) in [5, 5.41) is 7.94. The first-order valence-electron chi connectivity index (χ1n) is 10.4. The molecular weight excluding hydrogens is 398 g/mol. The molecule has 5 nitrogen and oxygen atoms in total. The highest BCUT2D eigenvalue weighted by atomic mass is 16.2. The standard InChI is InChI=1S/C27H21N3O2/c28-26(31)24(30-27(32)22-13-5-9-17-10-6-14-29-25(17)22)16-23-20-11-3-1-7-18(20)15-19-8-2-4-12-21(19)23/h1-15,24H,16H2,(H2,28,31)(H,30,32)/t24-/m0/s1. The molecule has 0 bridgehead atoms. The van der Waals surface area contributed by atoms with Crippen molar-refractivity contribution < 1.29 is 9.59 Å². The zero-order valence-corrected chi connectivity index (χ0v) is 17.3. The molecule has 0 aliphatic heterocycles. The topological polar surface area (TPSA) is 85.1 Å². The molecule has 5 rings (SSSR count). The lowest BCUT2D eigenvalue weighted by atomic mass is 9.92. The third-order valence-electron chi connectivity index (χ3n) is 5.82. The molecular formula is C27H21N3O2. The second-order valence-electron chi connectivity index (χ2n) is 7.81. The Morgan fingerprint density at radius 3 is 2.12 bits per heavy atom. The smallest absolute Gasteiger partial charge is 0.254 e. The van der Waals surface area contributed by atoms with Crippen LogP contribution in [0, 0.1) is 0 Å². The predicted octanol–water partition coefficient (Wildman–Crippen LogP) is 4.37. The summed E-state index contributed by atoms with van der Waals surface area (Å²) in [4.78, 5) is 29.9. The Morgan fingerprint density at radius 2 is 1.44 bits per heavy atom. The van der Waals surface area contributed by atoms with Gasteiger partial charge in [-0.05, 0) is 45.3 Å². The van der Waals surface area contributed by atoms with Crippen LogP contribution in [0.1, 0.15) is 15.9 Å². The molecule has 0 unspecified atom stereocenters. The number of amides is 2. The minimum atomic E-state index is -0.865. The van der Waals surface area contributed by atoms with E-state index >= 15 is 0 Å². The van der Waals surface area contributed by atoms with Gasteiger partial charge in [0.05, 0.1) is 11.1 Å². The number of pyridine rings is 1. The number of benzene rings is 4. The van der Waals surface area contributed by atoms with E-state index in [1.807, 2.05) is 66.7 Å². The van der Waals surface area contributed by atoms with E-state index in [0.29, 0.717) is 17.5 Å². The van der Waals surface area contributed by atoms with Crippen LogP contribution in [0.5, 0.6) is 0 Å². The number of nitrogens with two attached hydrogens (primary N) is 1. The molecule has 5 heteroatoms. The predicted molar refractivity (Wildman–Crippen MR) is 127 cm³/mol. The highest BCUT2D eigenvalue weighted by Crippen LogP contribution is 2.29. The summed E-state index contributed by atoms with van der Waals surface area (Å²) in [5.74, 6) is -0.953. The van der Waals surface area contributed by atoms with Crippen molar-refractivity contribution in [3.8, 4) is 0 Å². The van der Waals surface area contributed by atoms with Crippen LogP contribution < -0.4 is 11.1 Å². The summed E-state index contributed by atoms with van der Waals surface area (Å²) in [6.45, 7) is 0. The van der Waals surface area contributed by atoms with Gasteiger partial charge in [0.2, 0.25) is 5.91 Å². The number of nitrogens with zero attached hydrogens (tertiary/aromatic N) is 1. The van der Waals surface area contributed by atoms with Crippen LogP contribution in [0.2, 0.25) is 0 Å². The minimum Gasteiger partial charge on any atom is -0.368 e. The number of rotatable bonds is 5. The summed E-state index contributed by atoms with van der Waals surface area (Å²) in [6.07, 6.45) is 1.94. The van der Waals surface area contributed by atoms with Gasteiger partial charge in [-0.15, -0.1) is 0 Å². The zero-order valence-electron chi connectivity index (χ0n) is 17.3. The number of hydrogen-bond acceptors (Lipinski definition) is 3. The maximum Gasteiger partial charge on any atom is 0.254 e. The molecule has 0 radical (unpaired) electrons. The van der Waals surface area contributed by atoms with Gasteiger partial charge >= 0.3 is 0 Å². The summed E-state index contributed by atoms with van der Waals surface area (Å²) in [6, 6.07) is 26.5. The van der Waals surface area contributed by atoms with Gasteiger partial charge in [-0.1, -0.05) is 66.7 Å². The number of aromatic nitrogens is 1. The van der Waals surface area contributed by atoms with Crippen LogP contribution in [0.25, 0.3) is 32.4 Å². The number of hydrogen-bond donors (Lipinski definition) is 2. The fraction of sp³-hybridized carbons (Fsp3) is 0.0741. The van der Waals surface area contributed by atoms with Gasteiger partial charge in [0.25, 0.3) is 5.91 Å². The van der Waals surface area contributed by atoms with Crippen LogP contribution in [0.15, 0.2) is 91.1 Å². The summed E-state index contributed by atoms with van der Waals surface area (Å²) >= 11 is 0. The number of carbonyl (C=O) groups is 2. The average molecular weight is 419 g/mol. The molecule has 1 aromatic heterocycles. The van der Waals surface area contributed by atoms with Crippen molar-refractivity contribution in [2.24, 2.45) is 5.73 Å². The van der Waals surface area contributed by atoms with Crippen LogP contribution in [0.4, 0.5) is 0 Å². The van der Waals surface area contributed by atoms with Crippen molar-refractivity contribution >= 4 is 44.3 Å². The molecule has 0 aliphatic rings. The molecule has 0 spiro atoms. The molecule has 3 N–H and O–H groups in total. The highest BCUT2D eigenvalue weighted by molar-refractivity contribution is 6.07. The number of carbonyl (C=O) groups excluding carboxylic acids is 2. The highest BCUT2D eigenvalue weighted by Gasteiger charge is 2.23. The van der Waals surface area contributed by atoms with E-state index in [1.165, 1.54) is 0 Å². The fourth-order valence-electron chi connectivity index (χ4n) is 4.28. The molecule has 5 aromatic rings. The third-order valence-corrected chi connectivity index (χ3v) is 5.82. The van der Waals surface area contributed by atoms with Crippen molar-refractivity contribution in [3.63, 3.8) is 0 Å². The zero-order chi connectivity index (χ0) is 22.1. The molecule has 0 saturated carbocycles. The Balaban J connectivity index is 1.55. The van der Waals surface area contributed by atoms with Gasteiger partial charge in [0.1, 0.15) is 6.04 Å². The van der Waals surface area contributed by atoms with Crippen molar-refractivity contribution in [3.05, 3.63) is 102 Å². The van der Waals surface area contributed by atoms with Gasteiger partial charge in [0.15, 0.2) is 0 Å². The van der Waals surface area contributed by atoms with Crippen LogP contribution >= 0.6 is 0 Å². The number of primary amides is 1. The first-order chi connectivity index (χ1) is 15.6. The second-order valence-corrected chi connectivity index (χ2v) is 7.81. The Kier molecular flexibility index (Phi) is 5.00. The summed E-state index contributed by atoms with van der Waals surface area (Å²) in [5.41, 5.74) is 7.73. The maximum absolute atomic E-state index is 13.1. The van der Waals surface area contributed by atoms with Crippen molar-refractivity contribution in [2.45, 2.75) is 12.5 Å². The lowest BCUT2D eigenvalue weighted by Gasteiger charge is -2.19. The molecule has 1 heterocycles. The van der Waals surface area contributed by atoms with E-state index in [2.05, 4.69) is 16.4 Å². The largest absolute Gasteiger partial charge is 0.368 e. The lowest BCUT2D eigenvalue weighted by molar-refractivity contribution is -0.119.